The van der Waals surface area contributed by atoms with E-state index in [0.29, 0.717) is 12.2 Å². The summed E-state index contributed by atoms with van der Waals surface area (Å²) in [6.07, 6.45) is 1.59. The van der Waals surface area contributed by atoms with E-state index in [1.165, 1.54) is 6.07 Å². The van der Waals surface area contributed by atoms with Gasteiger partial charge in [-0.3, -0.25) is 15.5 Å². The van der Waals surface area contributed by atoms with Crippen LogP contribution in [-0.4, -0.2) is 36.4 Å². The molecule has 0 saturated carbocycles. The van der Waals surface area contributed by atoms with Crippen LogP contribution in [0.25, 0.3) is 0 Å². The van der Waals surface area contributed by atoms with Crippen molar-refractivity contribution in [1.29, 1.82) is 0 Å². The van der Waals surface area contributed by atoms with Crippen LogP contribution in [-0.2, 0) is 0 Å². The second-order valence-electron chi connectivity index (χ2n) is 4.88. The first-order valence-corrected chi connectivity index (χ1v) is 7.06. The molecular weight excluding hydrogens is 296 g/mol. The van der Waals surface area contributed by atoms with Gasteiger partial charge in [0.15, 0.2) is 0 Å². The van der Waals surface area contributed by atoms with E-state index in [0.717, 1.165) is 11.3 Å². The predicted octanol–water partition coefficient (Wildman–Crippen LogP) is 2.47. The second kappa shape index (κ2) is 7.90. The molecule has 0 spiro atoms. The summed E-state index contributed by atoms with van der Waals surface area (Å²) >= 11 is 0. The lowest BCUT2D eigenvalue weighted by Gasteiger charge is -2.17. The van der Waals surface area contributed by atoms with Gasteiger partial charge in [-0.05, 0) is 23.8 Å². The van der Waals surface area contributed by atoms with Gasteiger partial charge in [-0.2, -0.15) is 5.10 Å². The SMILES string of the molecule is CN(CCO)c1ccc(/C=N\Nc2ccccc2[N+](=O)[O-])cc1. The number of anilines is 2. The molecule has 23 heavy (non-hydrogen) atoms. The Labute approximate surface area is 134 Å². The highest BCUT2D eigenvalue weighted by molar-refractivity contribution is 5.81. The Hall–Kier alpha value is -2.93. The molecule has 0 fully saturated rings. The molecule has 7 heteroatoms. The average molecular weight is 314 g/mol. The third kappa shape index (κ3) is 4.52. The minimum Gasteiger partial charge on any atom is -0.395 e. The van der Waals surface area contributed by atoms with Gasteiger partial charge in [0.2, 0.25) is 0 Å². The number of rotatable bonds is 7. The van der Waals surface area contributed by atoms with Crippen LogP contribution in [0, 0.1) is 10.1 Å². The Bertz CT molecular complexity index is 686. The van der Waals surface area contributed by atoms with E-state index in [2.05, 4.69) is 10.5 Å². The summed E-state index contributed by atoms with van der Waals surface area (Å²) in [5, 5.41) is 23.9. The van der Waals surface area contributed by atoms with Gasteiger partial charge in [-0.1, -0.05) is 24.3 Å². The van der Waals surface area contributed by atoms with Crippen molar-refractivity contribution >= 4 is 23.3 Å². The van der Waals surface area contributed by atoms with E-state index >= 15 is 0 Å². The Morgan fingerprint density at radius 3 is 2.61 bits per heavy atom. The first-order valence-electron chi connectivity index (χ1n) is 7.06. The number of benzene rings is 2. The molecule has 0 aromatic heterocycles. The minimum atomic E-state index is -0.455. The van der Waals surface area contributed by atoms with Crippen LogP contribution >= 0.6 is 0 Å². The monoisotopic (exact) mass is 314 g/mol. The first kappa shape index (κ1) is 16.4. The number of aliphatic hydroxyl groups excluding tert-OH is 1. The molecule has 0 radical (unpaired) electrons. The molecule has 0 aliphatic carbocycles. The van der Waals surface area contributed by atoms with Crippen molar-refractivity contribution in [2.45, 2.75) is 0 Å². The molecular formula is C16H18N4O3. The van der Waals surface area contributed by atoms with Gasteiger partial charge in [0.05, 0.1) is 17.7 Å². The number of hydrazone groups is 1. The van der Waals surface area contributed by atoms with Crippen molar-refractivity contribution in [3.8, 4) is 0 Å². The summed E-state index contributed by atoms with van der Waals surface area (Å²) in [5.74, 6) is 0. The van der Waals surface area contributed by atoms with Gasteiger partial charge >= 0.3 is 0 Å². The number of likely N-dealkylation sites (N-methyl/N-ethyl adjacent to an activating group) is 1. The summed E-state index contributed by atoms with van der Waals surface area (Å²) < 4.78 is 0. The quantitative estimate of drug-likeness (QED) is 0.465. The molecule has 0 aliphatic heterocycles. The van der Waals surface area contributed by atoms with Gasteiger partial charge in [0.1, 0.15) is 5.69 Å². The van der Waals surface area contributed by atoms with Crippen LogP contribution in [0.4, 0.5) is 17.1 Å². The van der Waals surface area contributed by atoms with Crippen LogP contribution in [0.3, 0.4) is 0 Å². The van der Waals surface area contributed by atoms with Crippen LogP contribution in [0.15, 0.2) is 53.6 Å². The molecule has 7 nitrogen and oxygen atoms in total. The van der Waals surface area contributed by atoms with Gasteiger partial charge < -0.3 is 10.0 Å². The fraction of sp³-hybridized carbons (Fsp3) is 0.188. The highest BCUT2D eigenvalue weighted by Gasteiger charge is 2.10. The van der Waals surface area contributed by atoms with Crippen molar-refractivity contribution in [1.82, 2.24) is 0 Å². The molecule has 0 amide bonds. The maximum atomic E-state index is 10.9. The van der Waals surface area contributed by atoms with Crippen molar-refractivity contribution in [2.24, 2.45) is 5.10 Å². The molecule has 0 aliphatic rings. The number of nitrogens with one attached hydrogen (secondary N) is 1. The van der Waals surface area contributed by atoms with Gasteiger partial charge in [-0.25, -0.2) is 0 Å². The third-order valence-electron chi connectivity index (χ3n) is 3.27. The van der Waals surface area contributed by atoms with Crippen molar-refractivity contribution in [3.05, 3.63) is 64.2 Å². The van der Waals surface area contributed by atoms with Crippen LogP contribution in [0.5, 0.6) is 0 Å². The maximum Gasteiger partial charge on any atom is 0.294 e. The molecule has 120 valence electrons. The number of nitrogens with zero attached hydrogens (tertiary/aromatic N) is 3. The lowest BCUT2D eigenvalue weighted by atomic mass is 10.2. The first-order chi connectivity index (χ1) is 11.1. The lowest BCUT2D eigenvalue weighted by Crippen LogP contribution is -2.20. The predicted molar refractivity (Wildman–Crippen MR) is 91.1 cm³/mol. The number of hydrogen-bond donors (Lipinski definition) is 2. The normalized spacial score (nSPS) is 10.7. The Morgan fingerprint density at radius 2 is 1.96 bits per heavy atom. The van der Waals surface area contributed by atoms with Crippen molar-refractivity contribution < 1.29 is 10.0 Å². The maximum absolute atomic E-state index is 10.9. The Morgan fingerprint density at radius 1 is 1.26 bits per heavy atom. The summed E-state index contributed by atoms with van der Waals surface area (Å²) in [5.41, 5.74) is 4.85. The summed E-state index contributed by atoms with van der Waals surface area (Å²) in [6, 6.07) is 13.9. The molecule has 0 saturated heterocycles. The summed E-state index contributed by atoms with van der Waals surface area (Å²) in [6.45, 7) is 0.659. The van der Waals surface area contributed by atoms with Crippen LogP contribution in [0.2, 0.25) is 0 Å². The zero-order valence-electron chi connectivity index (χ0n) is 12.7. The topological polar surface area (TPSA) is 91.0 Å². The molecule has 2 aromatic carbocycles. The highest BCUT2D eigenvalue weighted by atomic mass is 16.6. The van der Waals surface area contributed by atoms with Gasteiger partial charge in [0.25, 0.3) is 5.69 Å². The molecule has 2 aromatic rings. The number of hydrogen-bond acceptors (Lipinski definition) is 6. The highest BCUT2D eigenvalue weighted by Crippen LogP contribution is 2.22. The Balaban J connectivity index is 2.03. The van der Waals surface area contributed by atoms with Crippen LogP contribution < -0.4 is 10.3 Å². The molecule has 2 rings (SSSR count). The zero-order valence-corrected chi connectivity index (χ0v) is 12.7. The summed E-state index contributed by atoms with van der Waals surface area (Å²) in [7, 11) is 1.90. The standard InChI is InChI=1S/C16H18N4O3/c1-19(10-11-21)14-8-6-13(7-9-14)12-17-18-15-4-2-3-5-16(15)20(22)23/h2-9,12,18,21H,10-11H2,1H3/b17-12-. The number of para-hydroxylation sites is 2. The molecule has 0 heterocycles. The van der Waals surface area contributed by atoms with E-state index in [1.54, 1.807) is 24.4 Å². The van der Waals surface area contributed by atoms with E-state index in [9.17, 15) is 10.1 Å². The van der Waals surface area contributed by atoms with E-state index < -0.39 is 4.92 Å². The molecule has 0 atom stereocenters. The number of nitro benzene ring substituents is 1. The Kier molecular flexibility index (Phi) is 5.65. The number of aliphatic hydroxyl groups is 1. The fourth-order valence-electron chi connectivity index (χ4n) is 2.00. The third-order valence-corrected chi connectivity index (χ3v) is 3.27. The molecule has 0 unspecified atom stereocenters. The summed E-state index contributed by atoms with van der Waals surface area (Å²) in [4.78, 5) is 12.4. The van der Waals surface area contributed by atoms with E-state index in [1.807, 2.05) is 36.2 Å². The minimum absolute atomic E-state index is 0.0226. The molecule has 2 N–H and O–H groups in total. The lowest BCUT2D eigenvalue weighted by molar-refractivity contribution is -0.384. The van der Waals surface area contributed by atoms with Gasteiger partial charge in [-0.15, -0.1) is 0 Å². The van der Waals surface area contributed by atoms with Crippen molar-refractivity contribution in [3.63, 3.8) is 0 Å². The van der Waals surface area contributed by atoms with Gasteiger partial charge in [0, 0.05) is 25.3 Å². The fourth-order valence-corrected chi connectivity index (χ4v) is 2.00. The van der Waals surface area contributed by atoms with Crippen molar-refractivity contribution in [2.75, 3.05) is 30.5 Å². The number of nitro groups is 1. The molecule has 0 bridgehead atoms. The smallest absolute Gasteiger partial charge is 0.294 e. The zero-order chi connectivity index (χ0) is 16.7. The largest absolute Gasteiger partial charge is 0.395 e. The van der Waals surface area contributed by atoms with E-state index in [-0.39, 0.29) is 12.3 Å². The van der Waals surface area contributed by atoms with E-state index in [4.69, 9.17) is 5.11 Å². The average Bonchev–Trinajstić information content (AvgIpc) is 2.56. The van der Waals surface area contributed by atoms with Crippen LogP contribution in [0.1, 0.15) is 5.56 Å². The second-order valence-corrected chi connectivity index (χ2v) is 4.88.